The number of hydrogen-bond donors (Lipinski definition) is 3. The van der Waals surface area contributed by atoms with E-state index in [-0.39, 0.29) is 11.3 Å². The maximum Gasteiger partial charge on any atom is 0.225 e. The fourth-order valence-electron chi connectivity index (χ4n) is 2.63. The highest BCUT2D eigenvalue weighted by Gasteiger charge is 2.44. The Morgan fingerprint density at radius 2 is 2.20 bits per heavy atom. The number of anilines is 2. The second-order valence-electron chi connectivity index (χ2n) is 4.29. The molecule has 0 aliphatic carbocycles. The van der Waals surface area contributed by atoms with E-state index < -0.39 is 0 Å². The molecule has 1 atom stereocenters. The van der Waals surface area contributed by atoms with Crippen LogP contribution in [0.2, 0.25) is 0 Å². The smallest absolute Gasteiger partial charge is 0.225 e. The van der Waals surface area contributed by atoms with E-state index in [0.717, 1.165) is 17.9 Å². The molecule has 2 heterocycles. The first-order valence-electron chi connectivity index (χ1n) is 5.12. The maximum atomic E-state index is 11.6. The summed E-state index contributed by atoms with van der Waals surface area (Å²) in [5.74, 6) is 0.0637. The zero-order valence-electron chi connectivity index (χ0n) is 8.34. The van der Waals surface area contributed by atoms with E-state index in [4.69, 9.17) is 5.73 Å². The Morgan fingerprint density at radius 1 is 1.40 bits per heavy atom. The number of rotatable bonds is 1. The van der Waals surface area contributed by atoms with Gasteiger partial charge in [-0.05, 0) is 12.1 Å². The van der Waals surface area contributed by atoms with Crippen molar-refractivity contribution in [2.24, 2.45) is 5.73 Å². The van der Waals surface area contributed by atoms with Crippen molar-refractivity contribution < 1.29 is 4.79 Å². The first-order valence-corrected chi connectivity index (χ1v) is 5.12. The molecule has 15 heavy (non-hydrogen) atoms. The normalized spacial score (nSPS) is 26.9. The van der Waals surface area contributed by atoms with E-state index in [9.17, 15) is 4.79 Å². The minimum atomic E-state index is -0.186. The van der Waals surface area contributed by atoms with Crippen LogP contribution >= 0.6 is 0 Å². The van der Waals surface area contributed by atoms with Crippen molar-refractivity contribution in [2.75, 3.05) is 23.7 Å². The van der Waals surface area contributed by atoms with E-state index >= 15 is 0 Å². The van der Waals surface area contributed by atoms with Crippen molar-refractivity contribution in [1.29, 1.82) is 0 Å². The van der Waals surface area contributed by atoms with E-state index in [1.165, 1.54) is 5.56 Å². The highest BCUT2D eigenvalue weighted by molar-refractivity contribution is 5.98. The molecule has 0 saturated carbocycles. The third-order valence-corrected chi connectivity index (χ3v) is 3.38. The Labute approximate surface area is 87.8 Å². The lowest BCUT2D eigenvalue weighted by Gasteiger charge is -2.32. The largest absolute Gasteiger partial charge is 0.384 e. The van der Waals surface area contributed by atoms with Gasteiger partial charge in [0.1, 0.15) is 0 Å². The molecule has 0 spiro atoms. The van der Waals surface area contributed by atoms with Crippen LogP contribution in [0.4, 0.5) is 11.4 Å². The van der Waals surface area contributed by atoms with Gasteiger partial charge in [0.25, 0.3) is 0 Å². The van der Waals surface area contributed by atoms with Gasteiger partial charge in [0.05, 0.1) is 0 Å². The minimum absolute atomic E-state index is 0.0637. The van der Waals surface area contributed by atoms with Gasteiger partial charge in [-0.1, -0.05) is 6.07 Å². The molecule has 0 saturated heterocycles. The van der Waals surface area contributed by atoms with Crippen molar-refractivity contribution in [3.8, 4) is 0 Å². The Kier molecular flexibility index (Phi) is 1.59. The summed E-state index contributed by atoms with van der Waals surface area (Å²) >= 11 is 0. The number of carbonyl (C=O) groups excluding carboxylic acids is 1. The fourth-order valence-corrected chi connectivity index (χ4v) is 2.63. The zero-order chi connectivity index (χ0) is 10.5. The summed E-state index contributed by atoms with van der Waals surface area (Å²) in [7, 11) is 0. The molecule has 1 aromatic carbocycles. The summed E-state index contributed by atoms with van der Waals surface area (Å²) in [4.78, 5) is 11.6. The second kappa shape index (κ2) is 2.73. The van der Waals surface area contributed by atoms with Crippen LogP contribution in [-0.2, 0) is 10.2 Å². The molecular weight excluding hydrogens is 190 g/mol. The molecule has 3 rings (SSSR count). The number of hydrogen-bond acceptors (Lipinski definition) is 3. The Balaban J connectivity index is 2.25. The predicted octanol–water partition coefficient (Wildman–Crippen LogP) is 0.651. The summed E-state index contributed by atoms with van der Waals surface area (Å²) in [5, 5.41) is 6.22. The summed E-state index contributed by atoms with van der Waals surface area (Å²) in [6.07, 6.45) is 0.487. The SMILES string of the molecule is NCC12CNc3cccc(c31)NC(=O)C2. The Hall–Kier alpha value is -1.55. The molecule has 1 amide bonds. The van der Waals surface area contributed by atoms with Gasteiger partial charge >= 0.3 is 0 Å². The highest BCUT2D eigenvalue weighted by atomic mass is 16.1. The zero-order valence-corrected chi connectivity index (χ0v) is 8.34. The van der Waals surface area contributed by atoms with Crippen LogP contribution in [0.1, 0.15) is 12.0 Å². The lowest BCUT2D eigenvalue weighted by atomic mass is 9.76. The van der Waals surface area contributed by atoms with Gasteiger partial charge in [0.2, 0.25) is 5.91 Å². The topological polar surface area (TPSA) is 67.2 Å². The van der Waals surface area contributed by atoms with E-state index in [2.05, 4.69) is 10.6 Å². The number of amides is 1. The van der Waals surface area contributed by atoms with Crippen LogP contribution in [0, 0.1) is 0 Å². The first kappa shape index (κ1) is 8.73. The van der Waals surface area contributed by atoms with Crippen molar-refractivity contribution in [3.63, 3.8) is 0 Å². The molecule has 0 aromatic heterocycles. The van der Waals surface area contributed by atoms with E-state index in [1.54, 1.807) is 0 Å². The molecule has 0 fully saturated rings. The lowest BCUT2D eigenvalue weighted by Crippen LogP contribution is -2.43. The molecule has 2 aliphatic heterocycles. The number of nitrogens with one attached hydrogen (secondary N) is 2. The molecule has 4 nitrogen and oxygen atoms in total. The van der Waals surface area contributed by atoms with Crippen LogP contribution in [0.25, 0.3) is 0 Å². The van der Waals surface area contributed by atoms with Crippen molar-refractivity contribution in [2.45, 2.75) is 11.8 Å². The first-order chi connectivity index (χ1) is 7.25. The molecule has 0 bridgehead atoms. The number of benzene rings is 1. The Bertz CT molecular complexity index is 443. The van der Waals surface area contributed by atoms with E-state index in [1.807, 2.05) is 18.2 Å². The van der Waals surface area contributed by atoms with Crippen molar-refractivity contribution in [3.05, 3.63) is 23.8 Å². The Morgan fingerprint density at radius 3 is 3.00 bits per heavy atom. The third-order valence-electron chi connectivity index (χ3n) is 3.38. The average Bonchev–Trinajstić information content (AvgIpc) is 2.60. The quantitative estimate of drug-likeness (QED) is 0.627. The molecule has 4 heteroatoms. The molecule has 1 unspecified atom stereocenters. The van der Waals surface area contributed by atoms with Crippen molar-refractivity contribution in [1.82, 2.24) is 0 Å². The standard InChI is InChI=1S/C11H13N3O/c12-5-11-4-9(15)14-8-3-1-2-7(10(8)11)13-6-11/h1-3,13H,4-6,12H2,(H,14,15). The van der Waals surface area contributed by atoms with Crippen LogP contribution in [0.5, 0.6) is 0 Å². The van der Waals surface area contributed by atoms with Crippen LogP contribution in [0.15, 0.2) is 18.2 Å². The molecule has 0 radical (unpaired) electrons. The highest BCUT2D eigenvalue weighted by Crippen LogP contribution is 2.45. The van der Waals surface area contributed by atoms with Gasteiger partial charge < -0.3 is 16.4 Å². The van der Waals surface area contributed by atoms with Gasteiger partial charge in [0.15, 0.2) is 0 Å². The minimum Gasteiger partial charge on any atom is -0.384 e. The summed E-state index contributed by atoms with van der Waals surface area (Å²) < 4.78 is 0. The lowest BCUT2D eigenvalue weighted by molar-refractivity contribution is -0.117. The average molecular weight is 203 g/mol. The second-order valence-corrected chi connectivity index (χ2v) is 4.29. The summed E-state index contributed by atoms with van der Waals surface area (Å²) in [6.45, 7) is 1.28. The monoisotopic (exact) mass is 203 g/mol. The van der Waals surface area contributed by atoms with E-state index in [0.29, 0.717) is 13.0 Å². The van der Waals surface area contributed by atoms with Gasteiger partial charge in [-0.2, -0.15) is 0 Å². The number of carbonyl (C=O) groups is 1. The molecule has 2 aliphatic rings. The molecule has 4 N–H and O–H groups in total. The van der Waals surface area contributed by atoms with Crippen LogP contribution in [0.3, 0.4) is 0 Å². The summed E-state index contributed by atoms with van der Waals surface area (Å²) in [5.41, 5.74) is 8.87. The fraction of sp³-hybridized carbons (Fsp3) is 0.364. The van der Waals surface area contributed by atoms with Crippen LogP contribution < -0.4 is 16.4 Å². The maximum absolute atomic E-state index is 11.6. The van der Waals surface area contributed by atoms with Crippen LogP contribution in [-0.4, -0.2) is 19.0 Å². The summed E-state index contributed by atoms with van der Waals surface area (Å²) in [6, 6.07) is 5.92. The van der Waals surface area contributed by atoms with Gasteiger partial charge in [-0.3, -0.25) is 4.79 Å². The third kappa shape index (κ3) is 1.02. The molecule has 1 aromatic rings. The van der Waals surface area contributed by atoms with Gasteiger partial charge in [-0.15, -0.1) is 0 Å². The predicted molar refractivity (Wildman–Crippen MR) is 58.9 cm³/mol. The van der Waals surface area contributed by atoms with Gasteiger partial charge in [-0.25, -0.2) is 0 Å². The molecular formula is C11H13N3O. The van der Waals surface area contributed by atoms with Crippen molar-refractivity contribution >= 4 is 17.3 Å². The molecule has 78 valence electrons. The van der Waals surface area contributed by atoms with Gasteiger partial charge in [0, 0.05) is 41.9 Å². The number of nitrogens with two attached hydrogens (primary N) is 1.